The largest absolute Gasteiger partial charge is 0.379 e. The number of carbonyl (C=O) groups is 3. The minimum atomic E-state index is -0.718. The highest BCUT2D eigenvalue weighted by Crippen LogP contribution is 2.29. The number of aromatic nitrogens is 1. The maximum atomic E-state index is 13.7. The molecular formula is C32H49N5O4S. The number of aryl methyl sites for hydroxylation is 1. The first-order valence-electron chi connectivity index (χ1n) is 15.4. The number of nitrogens with two attached hydrogens (primary N) is 1. The van der Waals surface area contributed by atoms with Gasteiger partial charge in [0.05, 0.1) is 16.1 Å². The summed E-state index contributed by atoms with van der Waals surface area (Å²) in [5, 5.41) is 2.99. The Labute approximate surface area is 254 Å². The van der Waals surface area contributed by atoms with Gasteiger partial charge < -0.3 is 20.8 Å². The van der Waals surface area contributed by atoms with Crippen LogP contribution in [0.25, 0.3) is 10.4 Å². The summed E-state index contributed by atoms with van der Waals surface area (Å²) in [6.07, 6.45) is 10.4. The van der Waals surface area contributed by atoms with E-state index in [1.165, 1.54) is 25.7 Å². The van der Waals surface area contributed by atoms with Crippen LogP contribution in [0.5, 0.6) is 5.75 Å². The van der Waals surface area contributed by atoms with Crippen LogP contribution in [-0.4, -0.2) is 52.8 Å². The van der Waals surface area contributed by atoms with E-state index in [1.54, 1.807) is 28.4 Å². The highest BCUT2D eigenvalue weighted by Gasteiger charge is 2.42. The standard InChI is InChI=1S/C32H49N5O4S/c1-23-28(42-22-34-23)24-16-18-25(19-17-24)41-36-30(39)26-14-13-21-37(26)31(40)29(32(2,3)4)35-27(38)15-11-9-7-5-6-8-10-12-20-33/h16-19,22,26,29H,5-15,20-21,33H2,1-4H3,(H,35,38)(H,36,39). The number of hydroxylamine groups is 1. The Balaban J connectivity index is 1.48. The fourth-order valence-corrected chi connectivity index (χ4v) is 6.08. The van der Waals surface area contributed by atoms with Gasteiger partial charge in [-0.15, -0.1) is 11.3 Å². The predicted molar refractivity (Wildman–Crippen MR) is 168 cm³/mol. The van der Waals surface area contributed by atoms with Gasteiger partial charge in [0.15, 0.2) is 5.75 Å². The minimum absolute atomic E-state index is 0.119. The third-order valence-corrected chi connectivity index (χ3v) is 8.72. The molecular weight excluding hydrogens is 550 g/mol. The summed E-state index contributed by atoms with van der Waals surface area (Å²) >= 11 is 1.57. The fraction of sp³-hybridized carbons (Fsp3) is 0.625. The minimum Gasteiger partial charge on any atom is -0.379 e. The van der Waals surface area contributed by atoms with Crippen molar-refractivity contribution in [2.75, 3.05) is 13.1 Å². The average molecular weight is 600 g/mol. The zero-order chi connectivity index (χ0) is 30.5. The van der Waals surface area contributed by atoms with Gasteiger partial charge in [-0.1, -0.05) is 59.3 Å². The molecule has 3 rings (SSSR count). The quantitative estimate of drug-likeness (QED) is 0.172. The molecule has 3 amide bonds. The smallest absolute Gasteiger partial charge is 0.275 e. The number of hydrogen-bond acceptors (Lipinski definition) is 7. The topological polar surface area (TPSA) is 127 Å². The van der Waals surface area contributed by atoms with E-state index in [2.05, 4.69) is 15.8 Å². The molecule has 9 nitrogen and oxygen atoms in total. The van der Waals surface area contributed by atoms with Gasteiger partial charge >= 0.3 is 0 Å². The van der Waals surface area contributed by atoms with E-state index < -0.39 is 17.5 Å². The van der Waals surface area contributed by atoms with E-state index in [9.17, 15) is 14.4 Å². The van der Waals surface area contributed by atoms with E-state index >= 15 is 0 Å². The van der Waals surface area contributed by atoms with E-state index in [-0.39, 0.29) is 17.7 Å². The fourth-order valence-electron chi connectivity index (χ4n) is 5.27. The zero-order valence-corrected chi connectivity index (χ0v) is 26.6. The number of amides is 3. The summed E-state index contributed by atoms with van der Waals surface area (Å²) in [5.41, 5.74) is 11.4. The Morgan fingerprint density at radius 2 is 1.69 bits per heavy atom. The number of unbranched alkanes of at least 4 members (excludes halogenated alkanes) is 7. The van der Waals surface area contributed by atoms with Gasteiger partial charge in [0.1, 0.15) is 12.1 Å². The molecule has 1 saturated heterocycles. The summed E-state index contributed by atoms with van der Waals surface area (Å²) in [7, 11) is 0. The van der Waals surface area contributed by atoms with Gasteiger partial charge in [-0.2, -0.15) is 5.48 Å². The van der Waals surface area contributed by atoms with Crippen LogP contribution in [0, 0.1) is 12.3 Å². The number of carbonyl (C=O) groups excluding carboxylic acids is 3. The number of thiazole rings is 1. The number of nitrogens with one attached hydrogen (secondary N) is 2. The van der Waals surface area contributed by atoms with Gasteiger partial charge in [0.2, 0.25) is 11.8 Å². The molecule has 1 fully saturated rings. The molecule has 232 valence electrons. The lowest BCUT2D eigenvalue weighted by molar-refractivity contribution is -0.145. The van der Waals surface area contributed by atoms with Crippen LogP contribution in [0.4, 0.5) is 0 Å². The molecule has 0 spiro atoms. The molecule has 2 unspecified atom stereocenters. The maximum absolute atomic E-state index is 13.7. The molecule has 2 aromatic rings. The highest BCUT2D eigenvalue weighted by atomic mass is 32.1. The second-order valence-corrected chi connectivity index (χ2v) is 13.1. The first-order chi connectivity index (χ1) is 20.1. The van der Waals surface area contributed by atoms with Gasteiger partial charge in [0.25, 0.3) is 5.91 Å². The van der Waals surface area contributed by atoms with Crippen molar-refractivity contribution < 1.29 is 19.2 Å². The molecule has 0 saturated carbocycles. The summed E-state index contributed by atoms with van der Waals surface area (Å²) < 4.78 is 0. The van der Waals surface area contributed by atoms with Crippen molar-refractivity contribution in [1.82, 2.24) is 20.7 Å². The molecule has 1 aromatic carbocycles. The zero-order valence-electron chi connectivity index (χ0n) is 25.7. The van der Waals surface area contributed by atoms with Crippen molar-refractivity contribution in [1.29, 1.82) is 0 Å². The predicted octanol–water partition coefficient (Wildman–Crippen LogP) is 5.52. The molecule has 2 atom stereocenters. The second-order valence-electron chi connectivity index (χ2n) is 12.3. The van der Waals surface area contributed by atoms with E-state index in [4.69, 9.17) is 10.6 Å². The molecule has 0 bridgehead atoms. The third-order valence-electron chi connectivity index (χ3n) is 7.75. The Bertz CT molecular complexity index is 1140. The van der Waals surface area contributed by atoms with Crippen molar-refractivity contribution in [2.24, 2.45) is 11.1 Å². The van der Waals surface area contributed by atoms with Gasteiger partial charge in [0, 0.05) is 13.0 Å². The van der Waals surface area contributed by atoms with Crippen LogP contribution >= 0.6 is 11.3 Å². The van der Waals surface area contributed by atoms with Crippen LogP contribution in [0.3, 0.4) is 0 Å². The van der Waals surface area contributed by atoms with E-state index in [1.807, 2.05) is 45.3 Å². The van der Waals surface area contributed by atoms with E-state index in [0.29, 0.717) is 31.6 Å². The van der Waals surface area contributed by atoms with Crippen LogP contribution in [0.2, 0.25) is 0 Å². The van der Waals surface area contributed by atoms with Gasteiger partial charge in [-0.25, -0.2) is 4.98 Å². The van der Waals surface area contributed by atoms with Crippen LogP contribution < -0.4 is 21.4 Å². The number of rotatable bonds is 16. The Hall–Kier alpha value is -2.98. The number of nitrogens with zero attached hydrogens (tertiary/aromatic N) is 2. The lowest BCUT2D eigenvalue weighted by atomic mass is 9.85. The Kier molecular flexibility index (Phi) is 13.3. The molecule has 1 aliphatic heterocycles. The number of hydrogen-bond donors (Lipinski definition) is 3. The molecule has 0 aliphatic carbocycles. The average Bonchev–Trinajstić information content (AvgIpc) is 3.62. The summed E-state index contributed by atoms with van der Waals surface area (Å²) in [6, 6.07) is 6.07. The highest BCUT2D eigenvalue weighted by molar-refractivity contribution is 7.13. The van der Waals surface area contributed by atoms with Crippen molar-refractivity contribution in [2.45, 2.75) is 110 Å². The van der Waals surface area contributed by atoms with Crippen molar-refractivity contribution in [3.63, 3.8) is 0 Å². The monoisotopic (exact) mass is 599 g/mol. The maximum Gasteiger partial charge on any atom is 0.275 e. The van der Waals surface area contributed by atoms with Crippen molar-refractivity contribution in [3.05, 3.63) is 35.5 Å². The van der Waals surface area contributed by atoms with Crippen molar-refractivity contribution >= 4 is 29.1 Å². The Morgan fingerprint density at radius 3 is 2.29 bits per heavy atom. The molecule has 0 radical (unpaired) electrons. The van der Waals surface area contributed by atoms with Crippen LogP contribution in [-0.2, 0) is 14.4 Å². The normalized spacial score (nSPS) is 15.8. The summed E-state index contributed by atoms with van der Waals surface area (Å²) in [4.78, 5) is 52.2. The molecule has 1 aromatic heterocycles. The van der Waals surface area contributed by atoms with E-state index in [0.717, 1.165) is 48.4 Å². The second kappa shape index (κ2) is 16.6. The molecule has 1 aliphatic rings. The van der Waals surface area contributed by atoms with Gasteiger partial charge in [-0.3, -0.25) is 14.4 Å². The third kappa shape index (κ3) is 10.1. The van der Waals surface area contributed by atoms with Gasteiger partial charge in [-0.05, 0) is 74.4 Å². The SMILES string of the molecule is Cc1ncsc1-c1ccc(ONC(=O)C2CCCN2C(=O)C(NC(=O)CCCCCCCCCCN)C(C)(C)C)cc1. The molecule has 42 heavy (non-hydrogen) atoms. The molecule has 2 heterocycles. The Morgan fingerprint density at radius 1 is 1.05 bits per heavy atom. The number of benzene rings is 1. The first-order valence-corrected chi connectivity index (χ1v) is 16.3. The summed E-state index contributed by atoms with van der Waals surface area (Å²) in [5.74, 6) is -0.219. The lowest BCUT2D eigenvalue weighted by Crippen LogP contribution is -2.57. The molecule has 10 heteroatoms. The molecule has 4 N–H and O–H groups in total. The lowest BCUT2D eigenvalue weighted by Gasteiger charge is -2.35. The van der Waals surface area contributed by atoms with Crippen LogP contribution in [0.1, 0.15) is 97.1 Å². The first kappa shape index (κ1) is 33.5. The summed E-state index contributed by atoms with van der Waals surface area (Å²) in [6.45, 7) is 9.01. The van der Waals surface area contributed by atoms with Crippen LogP contribution in [0.15, 0.2) is 29.8 Å². The number of likely N-dealkylation sites (tertiary alicyclic amines) is 1. The van der Waals surface area contributed by atoms with Crippen molar-refractivity contribution in [3.8, 4) is 16.2 Å².